The average Bonchev–Trinajstić information content (AvgIpc) is 3.29. The van der Waals surface area contributed by atoms with Crippen molar-refractivity contribution < 1.29 is 19.1 Å². The van der Waals surface area contributed by atoms with Gasteiger partial charge < -0.3 is 19.7 Å². The summed E-state index contributed by atoms with van der Waals surface area (Å²) in [5.41, 5.74) is 0.939. The Hall–Kier alpha value is -2.54. The van der Waals surface area contributed by atoms with E-state index >= 15 is 0 Å². The van der Waals surface area contributed by atoms with Crippen LogP contribution in [0.25, 0.3) is 0 Å². The maximum absolute atomic E-state index is 13.1. The number of halogens is 1. The SMILES string of the molecule is COc1ccccc1OCC(=O)N(Cc1ccc(Br)cc1)[C@H](C)C(=O)NC1CCCC1. The lowest BCUT2D eigenvalue weighted by Crippen LogP contribution is -2.50. The topological polar surface area (TPSA) is 67.9 Å². The number of rotatable bonds is 9. The first-order valence-electron chi connectivity index (χ1n) is 10.6. The molecule has 1 fully saturated rings. The molecule has 166 valence electrons. The van der Waals surface area contributed by atoms with Crippen molar-refractivity contribution in [2.45, 2.75) is 51.2 Å². The third kappa shape index (κ3) is 6.47. The van der Waals surface area contributed by atoms with Crippen LogP contribution in [0.1, 0.15) is 38.2 Å². The van der Waals surface area contributed by atoms with Gasteiger partial charge in [0.2, 0.25) is 5.91 Å². The second kappa shape index (κ2) is 11.2. The predicted octanol–water partition coefficient (Wildman–Crippen LogP) is 4.31. The summed E-state index contributed by atoms with van der Waals surface area (Å²) in [6, 6.07) is 14.5. The van der Waals surface area contributed by atoms with E-state index in [1.165, 1.54) is 0 Å². The Kier molecular flexibility index (Phi) is 8.35. The monoisotopic (exact) mass is 488 g/mol. The first kappa shape index (κ1) is 23.1. The second-order valence-electron chi connectivity index (χ2n) is 7.75. The largest absolute Gasteiger partial charge is 0.493 e. The van der Waals surface area contributed by atoms with E-state index < -0.39 is 6.04 Å². The standard InChI is InChI=1S/C24H29BrN2O4/c1-17(24(29)26-20-7-3-4-8-20)27(15-18-11-13-19(25)14-12-18)23(28)16-31-22-10-6-5-9-21(22)30-2/h5-6,9-14,17,20H,3-4,7-8,15-16H2,1-2H3,(H,26,29)/t17-/m1/s1. The number of benzene rings is 2. The van der Waals surface area contributed by atoms with Crippen molar-refractivity contribution >= 4 is 27.7 Å². The minimum Gasteiger partial charge on any atom is -0.493 e. The fraction of sp³-hybridized carbons (Fsp3) is 0.417. The summed E-state index contributed by atoms with van der Waals surface area (Å²) < 4.78 is 12.0. The molecule has 2 aromatic carbocycles. The Morgan fingerprint density at radius 3 is 2.39 bits per heavy atom. The predicted molar refractivity (Wildman–Crippen MR) is 123 cm³/mol. The van der Waals surface area contributed by atoms with Crippen LogP contribution < -0.4 is 14.8 Å². The maximum Gasteiger partial charge on any atom is 0.261 e. The molecule has 0 heterocycles. The van der Waals surface area contributed by atoms with Gasteiger partial charge in [0.25, 0.3) is 5.91 Å². The second-order valence-corrected chi connectivity index (χ2v) is 8.67. The third-order valence-corrected chi connectivity index (χ3v) is 6.08. The molecule has 2 amide bonds. The van der Waals surface area contributed by atoms with E-state index in [1.54, 1.807) is 31.1 Å². The average molecular weight is 489 g/mol. The molecular formula is C24H29BrN2O4. The molecule has 2 aromatic rings. The summed E-state index contributed by atoms with van der Waals surface area (Å²) in [6.07, 6.45) is 4.26. The summed E-state index contributed by atoms with van der Waals surface area (Å²) >= 11 is 3.43. The zero-order valence-corrected chi connectivity index (χ0v) is 19.6. The molecule has 0 unspecified atom stereocenters. The summed E-state index contributed by atoms with van der Waals surface area (Å²) in [4.78, 5) is 27.6. The van der Waals surface area contributed by atoms with E-state index in [-0.39, 0.29) is 24.5 Å². The van der Waals surface area contributed by atoms with Gasteiger partial charge in [-0.1, -0.05) is 53.0 Å². The van der Waals surface area contributed by atoms with Crippen molar-refractivity contribution in [3.8, 4) is 11.5 Å². The first-order chi connectivity index (χ1) is 15.0. The molecule has 3 rings (SSSR count). The van der Waals surface area contributed by atoms with Gasteiger partial charge in [0.1, 0.15) is 6.04 Å². The number of carbonyl (C=O) groups excluding carboxylic acids is 2. The van der Waals surface area contributed by atoms with Gasteiger partial charge in [0, 0.05) is 17.1 Å². The van der Waals surface area contributed by atoms with Crippen molar-refractivity contribution in [2.75, 3.05) is 13.7 Å². The minimum atomic E-state index is -0.613. The number of hydrogen-bond donors (Lipinski definition) is 1. The van der Waals surface area contributed by atoms with Crippen LogP contribution in [0.15, 0.2) is 53.0 Å². The van der Waals surface area contributed by atoms with Crippen LogP contribution in [0.5, 0.6) is 11.5 Å². The Balaban J connectivity index is 1.72. The molecule has 1 N–H and O–H groups in total. The van der Waals surface area contributed by atoms with Crippen molar-refractivity contribution in [2.24, 2.45) is 0 Å². The Bertz CT molecular complexity index is 881. The third-order valence-electron chi connectivity index (χ3n) is 5.56. The molecule has 0 aromatic heterocycles. The molecule has 1 saturated carbocycles. The smallest absolute Gasteiger partial charge is 0.261 e. The maximum atomic E-state index is 13.1. The van der Waals surface area contributed by atoms with Crippen LogP contribution in [-0.4, -0.2) is 42.5 Å². The Morgan fingerprint density at radius 1 is 1.10 bits per heavy atom. The molecule has 6 nitrogen and oxygen atoms in total. The van der Waals surface area contributed by atoms with Crippen LogP contribution in [-0.2, 0) is 16.1 Å². The minimum absolute atomic E-state index is 0.130. The van der Waals surface area contributed by atoms with Crippen LogP contribution in [0.3, 0.4) is 0 Å². The Labute approximate surface area is 192 Å². The fourth-order valence-electron chi connectivity index (χ4n) is 3.72. The molecule has 1 aliphatic rings. The summed E-state index contributed by atoms with van der Waals surface area (Å²) in [6.45, 7) is 1.91. The molecule has 0 aliphatic heterocycles. The molecule has 0 saturated heterocycles. The molecule has 1 aliphatic carbocycles. The number of hydrogen-bond acceptors (Lipinski definition) is 4. The van der Waals surface area contributed by atoms with Gasteiger partial charge >= 0.3 is 0 Å². The highest BCUT2D eigenvalue weighted by Gasteiger charge is 2.28. The molecular weight excluding hydrogens is 460 g/mol. The normalized spacial score (nSPS) is 14.7. The number of carbonyl (C=O) groups is 2. The summed E-state index contributed by atoms with van der Waals surface area (Å²) in [5.74, 6) is 0.657. The van der Waals surface area contributed by atoms with Crippen LogP contribution >= 0.6 is 15.9 Å². The van der Waals surface area contributed by atoms with E-state index in [4.69, 9.17) is 9.47 Å². The fourth-order valence-corrected chi connectivity index (χ4v) is 3.99. The quantitative estimate of drug-likeness (QED) is 0.570. The molecule has 7 heteroatoms. The number of para-hydroxylation sites is 2. The number of amides is 2. The van der Waals surface area contributed by atoms with Crippen molar-refractivity contribution in [1.82, 2.24) is 10.2 Å². The number of nitrogens with one attached hydrogen (secondary N) is 1. The highest BCUT2D eigenvalue weighted by molar-refractivity contribution is 9.10. The van der Waals surface area contributed by atoms with Crippen molar-refractivity contribution in [1.29, 1.82) is 0 Å². The lowest BCUT2D eigenvalue weighted by atomic mass is 10.1. The van der Waals surface area contributed by atoms with Gasteiger partial charge in [-0.25, -0.2) is 0 Å². The van der Waals surface area contributed by atoms with E-state index in [9.17, 15) is 9.59 Å². The van der Waals surface area contributed by atoms with Crippen LogP contribution in [0, 0.1) is 0 Å². The van der Waals surface area contributed by atoms with Crippen molar-refractivity contribution in [3.05, 3.63) is 58.6 Å². The van der Waals surface area contributed by atoms with E-state index in [2.05, 4.69) is 21.2 Å². The number of nitrogens with zero attached hydrogens (tertiary/aromatic N) is 1. The molecule has 0 bridgehead atoms. The van der Waals surface area contributed by atoms with E-state index in [1.807, 2.05) is 36.4 Å². The van der Waals surface area contributed by atoms with Gasteiger partial charge in [-0.3, -0.25) is 9.59 Å². The van der Waals surface area contributed by atoms with E-state index in [0.29, 0.717) is 18.0 Å². The van der Waals surface area contributed by atoms with Crippen molar-refractivity contribution in [3.63, 3.8) is 0 Å². The van der Waals surface area contributed by atoms with Gasteiger partial charge in [0.05, 0.1) is 7.11 Å². The Morgan fingerprint density at radius 2 is 1.74 bits per heavy atom. The highest BCUT2D eigenvalue weighted by Crippen LogP contribution is 2.26. The van der Waals surface area contributed by atoms with Crippen LogP contribution in [0.2, 0.25) is 0 Å². The summed E-state index contributed by atoms with van der Waals surface area (Å²) in [5, 5.41) is 3.10. The van der Waals surface area contributed by atoms with Gasteiger partial charge in [0.15, 0.2) is 18.1 Å². The number of methoxy groups -OCH3 is 1. The molecule has 0 spiro atoms. The summed E-state index contributed by atoms with van der Waals surface area (Å²) in [7, 11) is 1.55. The molecule has 31 heavy (non-hydrogen) atoms. The highest BCUT2D eigenvalue weighted by atomic mass is 79.9. The van der Waals surface area contributed by atoms with E-state index in [0.717, 1.165) is 35.7 Å². The zero-order valence-electron chi connectivity index (χ0n) is 18.0. The van der Waals surface area contributed by atoms with Crippen LogP contribution in [0.4, 0.5) is 0 Å². The van der Waals surface area contributed by atoms with Gasteiger partial charge in [-0.2, -0.15) is 0 Å². The number of ether oxygens (including phenoxy) is 2. The van der Waals surface area contributed by atoms with Gasteiger partial charge in [-0.15, -0.1) is 0 Å². The van der Waals surface area contributed by atoms with Gasteiger partial charge in [-0.05, 0) is 49.6 Å². The first-order valence-corrected chi connectivity index (χ1v) is 11.4. The lowest BCUT2D eigenvalue weighted by Gasteiger charge is -2.29. The lowest BCUT2D eigenvalue weighted by molar-refractivity contribution is -0.142. The molecule has 1 atom stereocenters. The zero-order chi connectivity index (χ0) is 22.2. The molecule has 0 radical (unpaired) electrons.